The van der Waals surface area contributed by atoms with E-state index in [9.17, 15) is 9.59 Å². The van der Waals surface area contributed by atoms with E-state index in [0.29, 0.717) is 0 Å². The lowest BCUT2D eigenvalue weighted by molar-refractivity contribution is 0.102. The molecule has 0 fully saturated rings. The summed E-state index contributed by atoms with van der Waals surface area (Å²) in [5, 5.41) is 4.07. The summed E-state index contributed by atoms with van der Waals surface area (Å²) in [6.07, 6.45) is 0.531. The highest BCUT2D eigenvalue weighted by atomic mass is 16.7. The molecule has 7 nitrogen and oxygen atoms in total. The SMILES string of the molecule is CCOC(=O)Oc1c(OC)nn(C)c(=O)c1-c1c(CC)cc(C)cc1CC. The monoisotopic (exact) mass is 374 g/mol. The van der Waals surface area contributed by atoms with Crippen molar-refractivity contribution in [3.05, 3.63) is 39.2 Å². The van der Waals surface area contributed by atoms with Gasteiger partial charge in [0.05, 0.1) is 19.3 Å². The number of rotatable bonds is 6. The predicted molar refractivity (Wildman–Crippen MR) is 103 cm³/mol. The Morgan fingerprint density at radius 3 is 2.19 bits per heavy atom. The largest absolute Gasteiger partial charge is 0.514 e. The van der Waals surface area contributed by atoms with Crippen LogP contribution in [-0.4, -0.2) is 29.7 Å². The molecule has 0 unspecified atom stereocenters. The summed E-state index contributed by atoms with van der Waals surface area (Å²) in [5.41, 5.74) is 3.73. The number of carbonyl (C=O) groups is 1. The van der Waals surface area contributed by atoms with Crippen LogP contribution in [0.15, 0.2) is 16.9 Å². The van der Waals surface area contributed by atoms with Gasteiger partial charge in [0.2, 0.25) is 5.75 Å². The van der Waals surface area contributed by atoms with E-state index in [-0.39, 0.29) is 29.4 Å². The van der Waals surface area contributed by atoms with Gasteiger partial charge in [0.25, 0.3) is 11.4 Å². The number of methoxy groups -OCH3 is 1. The Balaban J connectivity index is 2.89. The van der Waals surface area contributed by atoms with E-state index in [1.807, 2.05) is 32.9 Å². The number of hydrogen-bond donors (Lipinski definition) is 0. The first kappa shape index (κ1) is 20.5. The van der Waals surface area contributed by atoms with Crippen molar-refractivity contribution in [2.45, 2.75) is 40.5 Å². The van der Waals surface area contributed by atoms with Crippen LogP contribution in [0.4, 0.5) is 4.79 Å². The molecule has 0 aliphatic heterocycles. The molecule has 7 heteroatoms. The van der Waals surface area contributed by atoms with Crippen molar-refractivity contribution in [2.24, 2.45) is 7.05 Å². The quantitative estimate of drug-likeness (QED) is 0.721. The van der Waals surface area contributed by atoms with Gasteiger partial charge in [-0.25, -0.2) is 9.48 Å². The molecule has 146 valence electrons. The number of nitrogens with zero attached hydrogens (tertiary/aromatic N) is 2. The van der Waals surface area contributed by atoms with Crippen molar-refractivity contribution in [3.63, 3.8) is 0 Å². The van der Waals surface area contributed by atoms with E-state index >= 15 is 0 Å². The summed E-state index contributed by atoms with van der Waals surface area (Å²) < 4.78 is 16.7. The highest BCUT2D eigenvalue weighted by Crippen LogP contribution is 2.38. The lowest BCUT2D eigenvalue weighted by Gasteiger charge is -2.19. The molecule has 27 heavy (non-hydrogen) atoms. The van der Waals surface area contributed by atoms with Crippen LogP contribution in [-0.2, 0) is 24.6 Å². The number of aromatic nitrogens is 2. The normalized spacial score (nSPS) is 10.6. The molecule has 0 radical (unpaired) electrons. The Labute approximate surface area is 158 Å². The molecular weight excluding hydrogens is 348 g/mol. The van der Waals surface area contributed by atoms with Crippen molar-refractivity contribution < 1.29 is 19.0 Å². The van der Waals surface area contributed by atoms with Gasteiger partial charge in [0.15, 0.2) is 0 Å². The van der Waals surface area contributed by atoms with Gasteiger partial charge in [-0.1, -0.05) is 31.5 Å². The maximum absolute atomic E-state index is 13.0. The van der Waals surface area contributed by atoms with Gasteiger partial charge in [-0.15, -0.1) is 5.10 Å². The van der Waals surface area contributed by atoms with Crippen LogP contribution in [0.1, 0.15) is 37.5 Å². The lowest BCUT2D eigenvalue weighted by Crippen LogP contribution is -2.25. The van der Waals surface area contributed by atoms with Crippen molar-refractivity contribution >= 4 is 6.16 Å². The van der Waals surface area contributed by atoms with Crippen LogP contribution in [0.25, 0.3) is 11.1 Å². The first-order valence-electron chi connectivity index (χ1n) is 9.00. The summed E-state index contributed by atoms with van der Waals surface area (Å²) in [6.45, 7) is 7.88. The van der Waals surface area contributed by atoms with Gasteiger partial charge in [0, 0.05) is 7.05 Å². The van der Waals surface area contributed by atoms with Crippen LogP contribution >= 0.6 is 0 Å². The molecule has 1 aromatic heterocycles. The van der Waals surface area contributed by atoms with Crippen molar-refractivity contribution in [2.75, 3.05) is 13.7 Å². The van der Waals surface area contributed by atoms with Crippen LogP contribution in [0.3, 0.4) is 0 Å². The summed E-state index contributed by atoms with van der Waals surface area (Å²) in [6, 6.07) is 4.07. The van der Waals surface area contributed by atoms with E-state index < -0.39 is 6.16 Å². The molecule has 0 amide bonds. The zero-order valence-corrected chi connectivity index (χ0v) is 16.7. The minimum atomic E-state index is -0.907. The van der Waals surface area contributed by atoms with E-state index in [0.717, 1.165) is 35.1 Å². The molecule has 0 atom stereocenters. The summed E-state index contributed by atoms with van der Waals surface area (Å²) >= 11 is 0. The number of benzene rings is 1. The zero-order chi connectivity index (χ0) is 20.1. The van der Waals surface area contributed by atoms with Crippen LogP contribution in [0, 0.1) is 6.92 Å². The molecule has 2 aromatic rings. The molecule has 0 saturated heterocycles. The summed E-state index contributed by atoms with van der Waals surface area (Å²) in [7, 11) is 2.94. The second kappa shape index (κ2) is 8.70. The standard InChI is InChI=1S/C20H26N2O5/c1-7-13-10-12(4)11-14(8-2)15(13)16-17(27-20(24)26-9-3)18(25-6)21-22(5)19(16)23/h10-11H,7-9H2,1-6H3. The highest BCUT2D eigenvalue weighted by Gasteiger charge is 2.26. The number of ether oxygens (including phenoxy) is 3. The third-order valence-corrected chi connectivity index (χ3v) is 4.27. The van der Waals surface area contributed by atoms with Gasteiger partial charge in [0.1, 0.15) is 0 Å². The molecular formula is C20H26N2O5. The Morgan fingerprint density at radius 2 is 1.70 bits per heavy atom. The van der Waals surface area contributed by atoms with Gasteiger partial charge in [-0.2, -0.15) is 0 Å². The number of carbonyl (C=O) groups excluding carboxylic acids is 1. The molecule has 0 bridgehead atoms. The predicted octanol–water partition coefficient (Wildman–Crippen LogP) is 3.42. The summed E-state index contributed by atoms with van der Waals surface area (Å²) in [5.74, 6) is 0.0251. The van der Waals surface area contributed by atoms with Crippen LogP contribution in [0.2, 0.25) is 0 Å². The average Bonchev–Trinajstić information content (AvgIpc) is 2.64. The minimum Gasteiger partial charge on any atom is -0.477 e. The Kier molecular flexibility index (Phi) is 6.60. The number of hydrogen-bond acceptors (Lipinski definition) is 6. The minimum absolute atomic E-state index is 0.0210. The second-order valence-corrected chi connectivity index (χ2v) is 6.09. The highest BCUT2D eigenvalue weighted by molar-refractivity contribution is 5.80. The fourth-order valence-electron chi connectivity index (χ4n) is 3.09. The Hall–Kier alpha value is -2.83. The Morgan fingerprint density at radius 1 is 1.11 bits per heavy atom. The molecule has 0 N–H and O–H groups in total. The van der Waals surface area contributed by atoms with E-state index in [4.69, 9.17) is 14.2 Å². The van der Waals surface area contributed by atoms with E-state index in [1.54, 1.807) is 6.92 Å². The first-order valence-corrected chi connectivity index (χ1v) is 9.00. The third kappa shape index (κ3) is 4.13. The lowest BCUT2D eigenvalue weighted by atomic mass is 9.90. The molecule has 0 aliphatic carbocycles. The van der Waals surface area contributed by atoms with Crippen molar-refractivity contribution in [3.8, 4) is 22.8 Å². The molecule has 1 aromatic carbocycles. The van der Waals surface area contributed by atoms with Gasteiger partial charge in [-0.3, -0.25) is 4.79 Å². The Bertz CT molecular complexity index is 877. The molecule has 1 heterocycles. The molecule has 0 saturated carbocycles. The van der Waals surface area contributed by atoms with E-state index in [1.165, 1.54) is 18.8 Å². The van der Waals surface area contributed by atoms with Crippen molar-refractivity contribution in [1.29, 1.82) is 0 Å². The van der Waals surface area contributed by atoms with Gasteiger partial charge >= 0.3 is 6.16 Å². The fourth-order valence-corrected chi connectivity index (χ4v) is 3.09. The first-order chi connectivity index (χ1) is 12.9. The average molecular weight is 374 g/mol. The molecule has 0 aliphatic rings. The van der Waals surface area contributed by atoms with E-state index in [2.05, 4.69) is 5.10 Å². The maximum Gasteiger partial charge on any atom is 0.514 e. The third-order valence-electron chi connectivity index (χ3n) is 4.27. The van der Waals surface area contributed by atoms with Crippen LogP contribution < -0.4 is 15.0 Å². The maximum atomic E-state index is 13.0. The smallest absolute Gasteiger partial charge is 0.477 e. The van der Waals surface area contributed by atoms with Crippen LogP contribution in [0.5, 0.6) is 11.6 Å². The van der Waals surface area contributed by atoms with Gasteiger partial charge in [-0.05, 0) is 43.4 Å². The molecule has 0 spiro atoms. The van der Waals surface area contributed by atoms with Crippen molar-refractivity contribution in [1.82, 2.24) is 9.78 Å². The second-order valence-electron chi connectivity index (χ2n) is 6.09. The zero-order valence-electron chi connectivity index (χ0n) is 16.7. The molecule has 2 rings (SSSR count). The summed E-state index contributed by atoms with van der Waals surface area (Å²) in [4.78, 5) is 25.0. The fraction of sp³-hybridized carbons (Fsp3) is 0.450. The van der Waals surface area contributed by atoms with Gasteiger partial charge < -0.3 is 14.2 Å². The number of aryl methyl sites for hydroxylation is 4. The topological polar surface area (TPSA) is 79.7 Å².